The standard InChI is InChI=1S/C19H18N2O2S/c1-3-21-17(15-6-4-5-13(2)11-15)12-24-19(21)20-16-9-7-14(8-10-16)18(22)23/h4-12H,3H2,1-2H3,(H,22,23). The summed E-state index contributed by atoms with van der Waals surface area (Å²) in [4.78, 5) is 16.5. The van der Waals surface area contributed by atoms with Crippen LogP contribution in [0.3, 0.4) is 0 Å². The monoisotopic (exact) mass is 338 g/mol. The molecular weight excluding hydrogens is 320 g/mol. The zero-order chi connectivity index (χ0) is 17.1. The van der Waals surface area contributed by atoms with E-state index in [1.54, 1.807) is 35.6 Å². The average molecular weight is 338 g/mol. The third kappa shape index (κ3) is 3.31. The number of carbonyl (C=O) groups is 1. The number of carboxylic acid groups (broad SMARTS) is 1. The Hall–Kier alpha value is -2.66. The summed E-state index contributed by atoms with van der Waals surface area (Å²) in [5, 5.41) is 11.1. The smallest absolute Gasteiger partial charge is 0.335 e. The SMILES string of the molecule is CCn1c(-c2cccc(C)c2)csc1=Nc1ccc(C(=O)O)cc1. The van der Waals surface area contributed by atoms with E-state index in [1.807, 2.05) is 0 Å². The summed E-state index contributed by atoms with van der Waals surface area (Å²) < 4.78 is 2.17. The largest absolute Gasteiger partial charge is 0.478 e. The fourth-order valence-corrected chi connectivity index (χ4v) is 3.54. The number of aromatic nitrogens is 1. The van der Waals surface area contributed by atoms with Crippen LogP contribution in [0, 0.1) is 6.92 Å². The van der Waals surface area contributed by atoms with Crippen molar-refractivity contribution >= 4 is 23.0 Å². The van der Waals surface area contributed by atoms with E-state index in [1.165, 1.54) is 11.1 Å². The van der Waals surface area contributed by atoms with E-state index in [4.69, 9.17) is 5.11 Å². The third-order valence-corrected chi connectivity index (χ3v) is 4.63. The maximum absolute atomic E-state index is 10.9. The van der Waals surface area contributed by atoms with Gasteiger partial charge in [0.2, 0.25) is 0 Å². The summed E-state index contributed by atoms with van der Waals surface area (Å²) >= 11 is 1.59. The molecule has 0 bridgehead atoms. The lowest BCUT2D eigenvalue weighted by Crippen LogP contribution is -2.14. The summed E-state index contributed by atoms with van der Waals surface area (Å²) in [6.45, 7) is 5.00. The molecule has 1 N–H and O–H groups in total. The highest BCUT2D eigenvalue weighted by molar-refractivity contribution is 7.07. The molecule has 0 spiro atoms. The average Bonchev–Trinajstić information content (AvgIpc) is 2.98. The lowest BCUT2D eigenvalue weighted by molar-refractivity contribution is 0.0697. The molecule has 0 saturated carbocycles. The molecule has 24 heavy (non-hydrogen) atoms. The predicted octanol–water partition coefficient (Wildman–Crippen LogP) is 4.48. The molecule has 5 heteroatoms. The molecule has 0 fully saturated rings. The van der Waals surface area contributed by atoms with Gasteiger partial charge in [0.05, 0.1) is 16.9 Å². The molecule has 3 rings (SSSR count). The lowest BCUT2D eigenvalue weighted by Gasteiger charge is -2.07. The van der Waals surface area contributed by atoms with Gasteiger partial charge in [0.25, 0.3) is 0 Å². The Morgan fingerprint density at radius 1 is 1.21 bits per heavy atom. The normalized spacial score (nSPS) is 11.7. The quantitative estimate of drug-likeness (QED) is 0.763. The topological polar surface area (TPSA) is 54.6 Å². The molecule has 0 radical (unpaired) electrons. The minimum Gasteiger partial charge on any atom is -0.478 e. The van der Waals surface area contributed by atoms with Crippen LogP contribution in [-0.2, 0) is 6.54 Å². The van der Waals surface area contributed by atoms with Crippen molar-refractivity contribution < 1.29 is 9.90 Å². The van der Waals surface area contributed by atoms with Crippen molar-refractivity contribution in [2.45, 2.75) is 20.4 Å². The number of hydrogen-bond acceptors (Lipinski definition) is 3. The summed E-state index contributed by atoms with van der Waals surface area (Å²) in [7, 11) is 0. The van der Waals surface area contributed by atoms with Crippen LogP contribution in [0.4, 0.5) is 5.69 Å². The van der Waals surface area contributed by atoms with Crippen molar-refractivity contribution in [3.8, 4) is 11.3 Å². The second-order valence-corrected chi connectivity index (χ2v) is 6.32. The number of nitrogens with zero attached hydrogens (tertiary/aromatic N) is 2. The number of carboxylic acids is 1. The molecule has 0 atom stereocenters. The maximum atomic E-state index is 10.9. The van der Waals surface area contributed by atoms with E-state index in [-0.39, 0.29) is 5.56 Å². The number of thiazole rings is 1. The van der Waals surface area contributed by atoms with Gasteiger partial charge in [-0.1, -0.05) is 23.8 Å². The molecule has 0 amide bonds. The second kappa shape index (κ2) is 6.84. The van der Waals surface area contributed by atoms with Gasteiger partial charge in [0, 0.05) is 11.9 Å². The number of hydrogen-bond donors (Lipinski definition) is 1. The molecule has 0 aliphatic carbocycles. The molecule has 2 aromatic carbocycles. The van der Waals surface area contributed by atoms with Gasteiger partial charge in [-0.25, -0.2) is 9.79 Å². The number of benzene rings is 2. The van der Waals surface area contributed by atoms with Crippen LogP contribution in [0.5, 0.6) is 0 Å². The maximum Gasteiger partial charge on any atom is 0.335 e. The number of aryl methyl sites for hydroxylation is 1. The first kappa shape index (κ1) is 16.2. The second-order valence-electron chi connectivity index (χ2n) is 5.48. The Balaban J connectivity index is 2.04. The highest BCUT2D eigenvalue weighted by Gasteiger charge is 2.07. The Morgan fingerprint density at radius 3 is 2.58 bits per heavy atom. The van der Waals surface area contributed by atoms with Gasteiger partial charge < -0.3 is 9.67 Å². The van der Waals surface area contributed by atoms with Gasteiger partial charge in [-0.05, 0) is 49.7 Å². The van der Waals surface area contributed by atoms with E-state index < -0.39 is 5.97 Å². The summed E-state index contributed by atoms with van der Waals surface area (Å²) in [6.07, 6.45) is 0. The molecular formula is C19H18N2O2S. The van der Waals surface area contributed by atoms with Crippen molar-refractivity contribution in [3.05, 3.63) is 69.8 Å². The first-order valence-corrected chi connectivity index (χ1v) is 8.60. The van der Waals surface area contributed by atoms with Crippen LogP contribution in [0.2, 0.25) is 0 Å². The van der Waals surface area contributed by atoms with Crippen molar-refractivity contribution in [2.75, 3.05) is 0 Å². The fraction of sp³-hybridized carbons (Fsp3) is 0.158. The molecule has 1 heterocycles. The van der Waals surface area contributed by atoms with Crippen LogP contribution in [0.15, 0.2) is 58.9 Å². The molecule has 4 nitrogen and oxygen atoms in total. The van der Waals surface area contributed by atoms with E-state index in [0.29, 0.717) is 0 Å². The van der Waals surface area contributed by atoms with Gasteiger partial charge >= 0.3 is 5.97 Å². The number of aromatic carboxylic acids is 1. The fourth-order valence-electron chi connectivity index (χ4n) is 2.55. The minimum absolute atomic E-state index is 0.268. The molecule has 0 saturated heterocycles. The van der Waals surface area contributed by atoms with Gasteiger partial charge in [0.15, 0.2) is 4.80 Å². The highest BCUT2D eigenvalue weighted by atomic mass is 32.1. The zero-order valence-electron chi connectivity index (χ0n) is 13.6. The van der Waals surface area contributed by atoms with Gasteiger partial charge in [-0.3, -0.25) is 0 Å². The van der Waals surface area contributed by atoms with E-state index in [0.717, 1.165) is 22.7 Å². The van der Waals surface area contributed by atoms with Crippen LogP contribution < -0.4 is 4.80 Å². The molecule has 0 aliphatic rings. The molecule has 3 aromatic rings. The number of rotatable bonds is 4. The first-order valence-electron chi connectivity index (χ1n) is 7.72. The Kier molecular flexibility index (Phi) is 4.62. The van der Waals surface area contributed by atoms with Crippen LogP contribution in [0.25, 0.3) is 11.3 Å². The van der Waals surface area contributed by atoms with Gasteiger partial charge in [0.1, 0.15) is 0 Å². The van der Waals surface area contributed by atoms with Crippen molar-refractivity contribution in [3.63, 3.8) is 0 Å². The summed E-state index contributed by atoms with van der Waals surface area (Å²) in [6, 6.07) is 15.0. The van der Waals surface area contributed by atoms with Crippen LogP contribution >= 0.6 is 11.3 Å². The van der Waals surface area contributed by atoms with E-state index in [9.17, 15) is 4.79 Å². The summed E-state index contributed by atoms with van der Waals surface area (Å²) in [5.41, 5.74) is 4.57. The van der Waals surface area contributed by atoms with Crippen LogP contribution in [0.1, 0.15) is 22.8 Å². The van der Waals surface area contributed by atoms with Crippen molar-refractivity contribution in [1.29, 1.82) is 0 Å². The van der Waals surface area contributed by atoms with Gasteiger partial charge in [-0.2, -0.15) is 0 Å². The third-order valence-electron chi connectivity index (χ3n) is 3.77. The Labute approximate surface area is 144 Å². The Morgan fingerprint density at radius 2 is 1.96 bits per heavy atom. The van der Waals surface area contributed by atoms with Crippen molar-refractivity contribution in [1.82, 2.24) is 4.57 Å². The minimum atomic E-state index is -0.928. The zero-order valence-corrected chi connectivity index (χ0v) is 14.4. The van der Waals surface area contributed by atoms with Crippen LogP contribution in [-0.4, -0.2) is 15.6 Å². The van der Waals surface area contributed by atoms with E-state index >= 15 is 0 Å². The molecule has 0 unspecified atom stereocenters. The first-order chi connectivity index (χ1) is 11.6. The molecule has 1 aromatic heterocycles. The van der Waals surface area contributed by atoms with Gasteiger partial charge in [-0.15, -0.1) is 11.3 Å². The molecule has 0 aliphatic heterocycles. The van der Waals surface area contributed by atoms with Crippen molar-refractivity contribution in [2.24, 2.45) is 4.99 Å². The van der Waals surface area contributed by atoms with E-state index in [2.05, 4.69) is 53.1 Å². The Bertz CT molecular complexity index is 937. The summed E-state index contributed by atoms with van der Waals surface area (Å²) in [5.74, 6) is -0.928. The predicted molar refractivity (Wildman–Crippen MR) is 96.8 cm³/mol. The highest BCUT2D eigenvalue weighted by Crippen LogP contribution is 2.22. The molecule has 122 valence electrons. The lowest BCUT2D eigenvalue weighted by atomic mass is 10.1.